The molecule has 2 nitrogen and oxygen atoms in total. The fourth-order valence-corrected chi connectivity index (χ4v) is 5.97. The fraction of sp³-hybridized carbons (Fsp3) is 0.591. The van der Waals surface area contributed by atoms with Crippen LogP contribution in [0.25, 0.3) is 6.08 Å². The first-order valence-electron chi connectivity index (χ1n) is 9.58. The van der Waals surface area contributed by atoms with Crippen molar-refractivity contribution >= 4 is 12.0 Å². The Morgan fingerprint density at radius 3 is 2.17 bits per heavy atom. The van der Waals surface area contributed by atoms with Crippen molar-refractivity contribution in [1.82, 2.24) is 5.32 Å². The van der Waals surface area contributed by atoms with Crippen LogP contribution in [-0.2, 0) is 4.79 Å². The van der Waals surface area contributed by atoms with E-state index in [1.807, 2.05) is 6.08 Å². The van der Waals surface area contributed by atoms with E-state index in [1.165, 1.54) is 44.1 Å². The van der Waals surface area contributed by atoms with E-state index < -0.39 is 0 Å². The van der Waals surface area contributed by atoms with Crippen LogP contribution >= 0.6 is 0 Å². The summed E-state index contributed by atoms with van der Waals surface area (Å²) < 4.78 is 0. The van der Waals surface area contributed by atoms with E-state index in [9.17, 15) is 4.79 Å². The van der Waals surface area contributed by atoms with Gasteiger partial charge >= 0.3 is 0 Å². The van der Waals surface area contributed by atoms with Gasteiger partial charge in [-0.1, -0.05) is 29.8 Å². The number of aryl methyl sites for hydroxylation is 1. The summed E-state index contributed by atoms with van der Waals surface area (Å²) in [6.07, 6.45) is 12.0. The average molecular weight is 323 g/mol. The third kappa shape index (κ3) is 3.03. The number of hydrogen-bond acceptors (Lipinski definition) is 1. The predicted molar refractivity (Wildman–Crippen MR) is 98.4 cm³/mol. The summed E-state index contributed by atoms with van der Waals surface area (Å²) in [5.74, 6) is 2.84. The molecule has 0 aromatic heterocycles. The molecule has 24 heavy (non-hydrogen) atoms. The van der Waals surface area contributed by atoms with Gasteiger partial charge in [-0.05, 0) is 87.2 Å². The molecule has 5 rings (SSSR count). The normalized spacial score (nSPS) is 35.3. The van der Waals surface area contributed by atoms with Gasteiger partial charge in [-0.3, -0.25) is 4.79 Å². The van der Waals surface area contributed by atoms with Crippen molar-refractivity contribution in [2.24, 2.45) is 23.2 Å². The Morgan fingerprint density at radius 2 is 1.62 bits per heavy atom. The second-order valence-electron chi connectivity index (χ2n) is 8.75. The van der Waals surface area contributed by atoms with E-state index in [1.54, 1.807) is 6.08 Å². The van der Waals surface area contributed by atoms with Crippen LogP contribution in [0, 0.1) is 30.1 Å². The van der Waals surface area contributed by atoms with Crippen molar-refractivity contribution in [2.75, 3.05) is 0 Å². The molecule has 4 bridgehead atoms. The van der Waals surface area contributed by atoms with E-state index in [0.717, 1.165) is 23.3 Å². The summed E-state index contributed by atoms with van der Waals surface area (Å²) in [4.78, 5) is 12.4. The predicted octanol–water partition coefficient (Wildman–Crippen LogP) is 4.73. The van der Waals surface area contributed by atoms with Gasteiger partial charge in [0.15, 0.2) is 0 Å². The Morgan fingerprint density at radius 1 is 1.08 bits per heavy atom. The maximum absolute atomic E-state index is 12.4. The van der Waals surface area contributed by atoms with E-state index in [-0.39, 0.29) is 5.91 Å². The van der Waals surface area contributed by atoms with E-state index >= 15 is 0 Å². The van der Waals surface area contributed by atoms with Gasteiger partial charge in [0.05, 0.1) is 0 Å². The zero-order valence-electron chi connectivity index (χ0n) is 14.9. The largest absolute Gasteiger partial charge is 0.350 e. The molecule has 1 atom stereocenters. The molecule has 1 aromatic carbocycles. The van der Waals surface area contributed by atoms with Crippen LogP contribution in [0.15, 0.2) is 30.3 Å². The third-order valence-corrected chi connectivity index (χ3v) is 6.87. The number of hydrogen-bond donors (Lipinski definition) is 1. The molecule has 1 N–H and O–H groups in total. The van der Waals surface area contributed by atoms with Crippen LogP contribution in [0.5, 0.6) is 0 Å². The third-order valence-electron chi connectivity index (χ3n) is 6.87. The highest BCUT2D eigenvalue weighted by Crippen LogP contribution is 2.61. The maximum atomic E-state index is 12.4. The molecule has 0 aliphatic heterocycles. The van der Waals surface area contributed by atoms with Gasteiger partial charge in [-0.25, -0.2) is 0 Å². The molecule has 4 fully saturated rings. The smallest absolute Gasteiger partial charge is 0.244 e. The zero-order valence-corrected chi connectivity index (χ0v) is 14.9. The Labute approximate surface area is 145 Å². The average Bonchev–Trinajstić information content (AvgIpc) is 2.53. The second kappa shape index (κ2) is 6.06. The first kappa shape index (κ1) is 15.9. The summed E-state index contributed by atoms with van der Waals surface area (Å²) in [6, 6.07) is 8.56. The van der Waals surface area contributed by atoms with Gasteiger partial charge in [0, 0.05) is 12.1 Å². The SMILES string of the molecule is Cc1ccc(C=CC(=O)NC(C)C23CC4CC(CC(C4)C2)C3)cc1. The Balaban J connectivity index is 1.39. The number of nitrogens with one attached hydrogen (secondary N) is 1. The topological polar surface area (TPSA) is 29.1 Å². The molecule has 1 unspecified atom stereocenters. The molecule has 1 amide bonds. The van der Waals surface area contributed by atoms with Crippen molar-refractivity contribution in [1.29, 1.82) is 0 Å². The highest BCUT2D eigenvalue weighted by Gasteiger charge is 2.53. The van der Waals surface area contributed by atoms with Gasteiger partial charge in [-0.2, -0.15) is 0 Å². The van der Waals surface area contributed by atoms with Crippen LogP contribution in [0.2, 0.25) is 0 Å². The van der Waals surface area contributed by atoms with Crippen LogP contribution < -0.4 is 5.32 Å². The highest BCUT2D eigenvalue weighted by atomic mass is 16.1. The Kier molecular flexibility index (Phi) is 4.02. The molecular formula is C22H29NO. The van der Waals surface area contributed by atoms with Gasteiger partial charge in [0.25, 0.3) is 0 Å². The van der Waals surface area contributed by atoms with Gasteiger partial charge in [0.2, 0.25) is 5.91 Å². The zero-order chi connectivity index (χ0) is 16.7. The van der Waals surface area contributed by atoms with E-state index in [2.05, 4.69) is 43.4 Å². The molecule has 0 saturated heterocycles. The summed E-state index contributed by atoms with van der Waals surface area (Å²) >= 11 is 0. The first-order chi connectivity index (χ1) is 11.5. The van der Waals surface area contributed by atoms with Crippen molar-refractivity contribution in [3.05, 3.63) is 41.5 Å². The molecule has 0 spiro atoms. The van der Waals surface area contributed by atoms with Crippen LogP contribution in [0.4, 0.5) is 0 Å². The number of carbonyl (C=O) groups excluding carboxylic acids is 1. The first-order valence-corrected chi connectivity index (χ1v) is 9.58. The minimum absolute atomic E-state index is 0.0545. The standard InChI is InChI=1S/C22H29NO/c1-15-3-5-17(6-4-15)7-8-21(24)23-16(2)22-12-18-9-19(13-22)11-20(10-18)14-22/h3-8,16,18-20H,9-14H2,1-2H3,(H,23,24). The van der Waals surface area contributed by atoms with Gasteiger partial charge in [-0.15, -0.1) is 0 Å². The van der Waals surface area contributed by atoms with Crippen molar-refractivity contribution in [2.45, 2.75) is 58.4 Å². The van der Waals surface area contributed by atoms with Crippen molar-refractivity contribution in [3.8, 4) is 0 Å². The minimum Gasteiger partial charge on any atom is -0.350 e. The fourth-order valence-electron chi connectivity index (χ4n) is 5.97. The molecule has 4 aliphatic carbocycles. The number of amides is 1. The summed E-state index contributed by atoms with van der Waals surface area (Å²) in [5, 5.41) is 3.29. The summed E-state index contributed by atoms with van der Waals surface area (Å²) in [5.41, 5.74) is 2.70. The molecule has 128 valence electrons. The van der Waals surface area contributed by atoms with Crippen molar-refractivity contribution in [3.63, 3.8) is 0 Å². The van der Waals surface area contributed by atoms with Crippen LogP contribution in [0.3, 0.4) is 0 Å². The van der Waals surface area contributed by atoms with Crippen LogP contribution in [0.1, 0.15) is 56.6 Å². The molecule has 4 saturated carbocycles. The molecule has 1 aromatic rings. The summed E-state index contributed by atoms with van der Waals surface area (Å²) in [7, 11) is 0. The lowest BCUT2D eigenvalue weighted by molar-refractivity contribution is -0.121. The maximum Gasteiger partial charge on any atom is 0.244 e. The van der Waals surface area contributed by atoms with Gasteiger partial charge < -0.3 is 5.32 Å². The lowest BCUT2D eigenvalue weighted by atomic mass is 9.48. The van der Waals surface area contributed by atoms with E-state index in [4.69, 9.17) is 0 Å². The number of carbonyl (C=O) groups is 1. The Bertz CT molecular complexity index is 607. The molecule has 0 radical (unpaired) electrons. The monoisotopic (exact) mass is 323 g/mol. The van der Waals surface area contributed by atoms with Gasteiger partial charge in [0.1, 0.15) is 0 Å². The lowest BCUT2D eigenvalue weighted by Crippen LogP contribution is -2.55. The molecule has 0 heterocycles. The second-order valence-corrected chi connectivity index (χ2v) is 8.75. The highest BCUT2D eigenvalue weighted by molar-refractivity contribution is 5.91. The Hall–Kier alpha value is -1.57. The number of rotatable bonds is 4. The minimum atomic E-state index is 0.0545. The van der Waals surface area contributed by atoms with Crippen molar-refractivity contribution < 1.29 is 4.79 Å². The van der Waals surface area contributed by atoms with E-state index in [0.29, 0.717) is 11.5 Å². The van der Waals surface area contributed by atoms with Crippen LogP contribution in [-0.4, -0.2) is 11.9 Å². The number of benzene rings is 1. The summed E-state index contributed by atoms with van der Waals surface area (Å²) in [6.45, 7) is 4.32. The lowest BCUT2D eigenvalue weighted by Gasteiger charge is -2.59. The molecule has 4 aliphatic rings. The molecular weight excluding hydrogens is 294 g/mol. The quantitative estimate of drug-likeness (QED) is 0.797. The molecule has 2 heteroatoms.